The van der Waals surface area contributed by atoms with Gasteiger partial charge in [-0.25, -0.2) is 9.37 Å². The summed E-state index contributed by atoms with van der Waals surface area (Å²) in [7, 11) is 0. The van der Waals surface area contributed by atoms with Gasteiger partial charge in [0.1, 0.15) is 5.82 Å². The lowest BCUT2D eigenvalue weighted by Crippen LogP contribution is -2.21. The molecule has 0 saturated heterocycles. The van der Waals surface area contributed by atoms with Crippen molar-refractivity contribution in [2.75, 3.05) is 0 Å². The largest absolute Gasteiger partial charge is 0.268 e. The van der Waals surface area contributed by atoms with E-state index in [1.807, 2.05) is 31.4 Å². The average Bonchev–Trinajstić information content (AvgIpc) is 3.16. The molecule has 0 spiro atoms. The Bertz CT molecular complexity index is 1180. The molecule has 2 aromatic heterocycles. The van der Waals surface area contributed by atoms with Gasteiger partial charge in [0.25, 0.3) is 5.56 Å². The predicted octanol–water partition coefficient (Wildman–Crippen LogP) is 6.02. The van der Waals surface area contributed by atoms with Crippen molar-refractivity contribution in [2.45, 2.75) is 18.7 Å². The molecule has 0 N–H and O–H groups in total. The zero-order valence-corrected chi connectivity index (χ0v) is 17.1. The molecule has 27 heavy (non-hydrogen) atoms. The SMILES string of the molecule is Cc1cc(C(C)Br)c2cc(-c3ccc(F)cc3)n(-c3nccs3)c(=O)c2c1. The Kier molecular flexibility index (Phi) is 4.70. The lowest BCUT2D eigenvalue weighted by molar-refractivity contribution is 0.628. The van der Waals surface area contributed by atoms with Crippen LogP contribution in [0.25, 0.3) is 27.2 Å². The number of halogens is 2. The molecular weight excluding hydrogens is 427 g/mol. The maximum Gasteiger partial charge on any atom is 0.265 e. The van der Waals surface area contributed by atoms with E-state index in [1.165, 1.54) is 23.5 Å². The number of alkyl halides is 1. The van der Waals surface area contributed by atoms with Crippen LogP contribution in [-0.2, 0) is 0 Å². The van der Waals surface area contributed by atoms with Crippen LogP contribution in [0.5, 0.6) is 0 Å². The second kappa shape index (κ2) is 7.02. The molecule has 0 amide bonds. The molecule has 136 valence electrons. The molecule has 1 atom stereocenters. The van der Waals surface area contributed by atoms with Gasteiger partial charge in [0, 0.05) is 21.8 Å². The van der Waals surface area contributed by atoms with Crippen molar-refractivity contribution in [3.63, 3.8) is 0 Å². The number of fused-ring (bicyclic) bond motifs is 1. The van der Waals surface area contributed by atoms with Crippen molar-refractivity contribution in [1.29, 1.82) is 0 Å². The van der Waals surface area contributed by atoms with Crippen molar-refractivity contribution in [3.05, 3.63) is 81.3 Å². The fraction of sp³-hybridized carbons (Fsp3) is 0.143. The van der Waals surface area contributed by atoms with E-state index in [0.717, 1.165) is 22.1 Å². The number of hydrogen-bond acceptors (Lipinski definition) is 3. The maximum atomic E-state index is 13.5. The third kappa shape index (κ3) is 3.24. The van der Waals surface area contributed by atoms with Gasteiger partial charge in [-0.2, -0.15) is 0 Å². The number of pyridine rings is 1. The first-order chi connectivity index (χ1) is 13.0. The Hall–Kier alpha value is -2.31. The second-order valence-electron chi connectivity index (χ2n) is 6.42. The minimum atomic E-state index is -0.312. The number of nitrogens with zero attached hydrogens (tertiary/aromatic N) is 2. The minimum absolute atomic E-state index is 0.0936. The van der Waals surface area contributed by atoms with Crippen LogP contribution in [0.1, 0.15) is 22.9 Å². The van der Waals surface area contributed by atoms with Crippen molar-refractivity contribution in [1.82, 2.24) is 9.55 Å². The van der Waals surface area contributed by atoms with E-state index in [9.17, 15) is 9.18 Å². The van der Waals surface area contributed by atoms with Crippen molar-refractivity contribution in [3.8, 4) is 16.4 Å². The Morgan fingerprint density at radius 1 is 1.15 bits per heavy atom. The molecule has 4 aromatic rings. The summed E-state index contributed by atoms with van der Waals surface area (Å²) in [6.45, 7) is 4.03. The zero-order valence-electron chi connectivity index (χ0n) is 14.7. The molecule has 0 saturated carbocycles. The maximum absolute atomic E-state index is 13.5. The van der Waals surface area contributed by atoms with Gasteiger partial charge < -0.3 is 0 Å². The van der Waals surface area contributed by atoms with Gasteiger partial charge in [0.2, 0.25) is 0 Å². The number of thiazole rings is 1. The van der Waals surface area contributed by atoms with Crippen molar-refractivity contribution >= 4 is 38.0 Å². The third-order valence-corrected chi connectivity index (χ3v) is 5.74. The van der Waals surface area contributed by atoms with Crippen molar-refractivity contribution in [2.24, 2.45) is 0 Å². The zero-order chi connectivity index (χ0) is 19.1. The van der Waals surface area contributed by atoms with Crippen LogP contribution in [0, 0.1) is 12.7 Å². The molecule has 0 aliphatic rings. The highest BCUT2D eigenvalue weighted by Crippen LogP contribution is 2.33. The Balaban J connectivity index is 2.16. The van der Waals surface area contributed by atoms with E-state index in [-0.39, 0.29) is 16.2 Å². The standard InChI is InChI=1S/C21H16BrFN2OS/c1-12-9-16(13(2)22)17-11-19(14-3-5-15(23)6-4-14)25(20(26)18(17)10-12)21-24-7-8-27-21/h3-11,13H,1-2H3. The number of aryl methyl sites for hydroxylation is 1. The van der Waals surface area contributed by atoms with Gasteiger partial charge >= 0.3 is 0 Å². The monoisotopic (exact) mass is 442 g/mol. The summed E-state index contributed by atoms with van der Waals surface area (Å²) in [6, 6.07) is 12.2. The molecule has 0 aliphatic heterocycles. The summed E-state index contributed by atoms with van der Waals surface area (Å²) < 4.78 is 15.1. The minimum Gasteiger partial charge on any atom is -0.268 e. The van der Waals surface area contributed by atoms with Crippen LogP contribution in [0.3, 0.4) is 0 Å². The van der Waals surface area contributed by atoms with E-state index in [0.29, 0.717) is 16.2 Å². The van der Waals surface area contributed by atoms with Crippen LogP contribution < -0.4 is 5.56 Å². The molecule has 6 heteroatoms. The van der Waals surface area contributed by atoms with Gasteiger partial charge in [-0.1, -0.05) is 22.0 Å². The summed E-state index contributed by atoms with van der Waals surface area (Å²) in [6.07, 6.45) is 1.67. The Morgan fingerprint density at radius 3 is 2.52 bits per heavy atom. The molecule has 0 radical (unpaired) electrons. The molecule has 0 bridgehead atoms. The van der Waals surface area contributed by atoms with Crippen LogP contribution in [0.2, 0.25) is 0 Å². The fourth-order valence-electron chi connectivity index (χ4n) is 3.27. The Morgan fingerprint density at radius 2 is 1.89 bits per heavy atom. The summed E-state index contributed by atoms with van der Waals surface area (Å²) >= 11 is 5.04. The van der Waals surface area contributed by atoms with E-state index in [4.69, 9.17) is 0 Å². The second-order valence-corrected chi connectivity index (χ2v) is 8.67. The number of hydrogen-bond donors (Lipinski definition) is 0. The highest BCUT2D eigenvalue weighted by Gasteiger charge is 2.18. The highest BCUT2D eigenvalue weighted by molar-refractivity contribution is 9.09. The summed E-state index contributed by atoms with van der Waals surface area (Å²) in [5.74, 6) is -0.312. The average molecular weight is 443 g/mol. The van der Waals surface area contributed by atoms with E-state index in [1.54, 1.807) is 22.9 Å². The quantitative estimate of drug-likeness (QED) is 0.363. The van der Waals surface area contributed by atoms with Gasteiger partial charge in [-0.05, 0) is 72.3 Å². The first-order valence-electron chi connectivity index (χ1n) is 8.46. The first-order valence-corrected chi connectivity index (χ1v) is 10.3. The molecule has 2 aromatic carbocycles. The van der Waals surface area contributed by atoms with Crippen molar-refractivity contribution < 1.29 is 4.39 Å². The topological polar surface area (TPSA) is 34.9 Å². The predicted molar refractivity (Wildman–Crippen MR) is 113 cm³/mol. The first kappa shape index (κ1) is 18.1. The molecule has 0 fully saturated rings. The van der Waals surface area contributed by atoms with Gasteiger partial charge in [-0.15, -0.1) is 11.3 Å². The molecule has 0 aliphatic carbocycles. The number of rotatable bonds is 3. The lowest BCUT2D eigenvalue weighted by atomic mass is 9.98. The van der Waals surface area contributed by atoms with Gasteiger partial charge in [-0.3, -0.25) is 9.36 Å². The van der Waals surface area contributed by atoms with Crippen LogP contribution in [0.15, 0.2) is 58.8 Å². The Labute approximate surface area is 168 Å². The smallest absolute Gasteiger partial charge is 0.265 e. The molecule has 1 unspecified atom stereocenters. The molecule has 4 rings (SSSR count). The highest BCUT2D eigenvalue weighted by atomic mass is 79.9. The van der Waals surface area contributed by atoms with Crippen LogP contribution in [-0.4, -0.2) is 9.55 Å². The van der Waals surface area contributed by atoms with Crippen LogP contribution in [0.4, 0.5) is 4.39 Å². The van der Waals surface area contributed by atoms with E-state index in [2.05, 4.69) is 27.0 Å². The van der Waals surface area contributed by atoms with Gasteiger partial charge in [0.15, 0.2) is 5.13 Å². The molecule has 3 nitrogen and oxygen atoms in total. The van der Waals surface area contributed by atoms with E-state index < -0.39 is 0 Å². The molecular formula is C21H16BrFN2OS. The lowest BCUT2D eigenvalue weighted by Gasteiger charge is -2.16. The van der Waals surface area contributed by atoms with E-state index >= 15 is 0 Å². The number of aromatic nitrogens is 2. The summed E-state index contributed by atoms with van der Waals surface area (Å²) in [5.41, 5.74) is 3.41. The normalized spacial score (nSPS) is 12.4. The summed E-state index contributed by atoms with van der Waals surface area (Å²) in [5, 5.41) is 3.97. The van der Waals surface area contributed by atoms with Gasteiger partial charge in [0.05, 0.1) is 5.69 Å². The number of benzene rings is 2. The summed E-state index contributed by atoms with van der Waals surface area (Å²) in [4.78, 5) is 17.9. The fourth-order valence-corrected chi connectivity index (χ4v) is 4.30. The molecule has 2 heterocycles. The van der Waals surface area contributed by atoms with Crippen LogP contribution >= 0.6 is 27.3 Å². The third-order valence-electron chi connectivity index (χ3n) is 4.49.